The van der Waals surface area contributed by atoms with Gasteiger partial charge in [0.05, 0.1) is 44.9 Å². The maximum atomic E-state index is 15.0. The van der Waals surface area contributed by atoms with E-state index in [1.165, 1.54) is 4.90 Å². The molecule has 8 nitrogen and oxygen atoms in total. The van der Waals surface area contributed by atoms with Crippen molar-refractivity contribution in [1.29, 1.82) is 10.5 Å². The lowest BCUT2D eigenvalue weighted by Gasteiger charge is -2.20. The molecule has 1 aliphatic rings. The van der Waals surface area contributed by atoms with Crippen LogP contribution < -0.4 is 4.90 Å². The molecule has 0 unspecified atom stereocenters. The summed E-state index contributed by atoms with van der Waals surface area (Å²) in [6.07, 6.45) is 0. The van der Waals surface area contributed by atoms with Gasteiger partial charge in [0.1, 0.15) is 23.5 Å². The van der Waals surface area contributed by atoms with Crippen molar-refractivity contribution in [3.8, 4) is 62.6 Å². The minimum Gasteiger partial charge on any atom is -0.308 e. The van der Waals surface area contributed by atoms with Gasteiger partial charge in [-0.15, -0.1) is 0 Å². The Hall–Kier alpha value is -8.46. The number of amides is 2. The lowest BCUT2D eigenvalue weighted by Crippen LogP contribution is -2.30. The Bertz CT molecular complexity index is 3130. The van der Waals surface area contributed by atoms with Gasteiger partial charge in [-0.05, 0) is 89.5 Å². The van der Waals surface area contributed by atoms with Gasteiger partial charge in [0, 0.05) is 27.5 Å². The number of rotatable bonds is 6. The number of aromatic nitrogens is 3. The summed E-state index contributed by atoms with van der Waals surface area (Å²) in [5, 5.41) is 20.9. The van der Waals surface area contributed by atoms with Crippen LogP contribution in [0.4, 0.5) is 5.69 Å². The Labute approximate surface area is 332 Å². The molecule has 1 aliphatic heterocycles. The average Bonchev–Trinajstić information content (AvgIpc) is 3.75. The number of nitriles is 2. The smallest absolute Gasteiger partial charge is 0.268 e. The fourth-order valence-corrected chi connectivity index (χ4v) is 7.98. The number of anilines is 1. The number of fused-ring (bicyclic) bond motifs is 4. The summed E-state index contributed by atoms with van der Waals surface area (Å²) >= 11 is 0. The summed E-state index contributed by atoms with van der Waals surface area (Å²) < 4.78 is 2.03. The van der Waals surface area contributed by atoms with E-state index in [0.29, 0.717) is 45.3 Å². The van der Waals surface area contributed by atoms with E-state index in [2.05, 4.69) is 22.1 Å². The lowest BCUT2D eigenvalue weighted by atomic mass is 9.97. The largest absolute Gasteiger partial charge is 0.308 e. The fourth-order valence-electron chi connectivity index (χ4n) is 7.98. The second-order valence-corrected chi connectivity index (χ2v) is 13.9. The first kappa shape index (κ1) is 34.1. The molecule has 0 radical (unpaired) electrons. The van der Waals surface area contributed by atoms with Gasteiger partial charge in [0.15, 0.2) is 0 Å². The van der Waals surface area contributed by atoms with E-state index in [0.717, 1.165) is 55.2 Å². The third kappa shape index (κ3) is 5.52. The molecule has 2 amide bonds. The second kappa shape index (κ2) is 13.7. The van der Waals surface area contributed by atoms with Crippen LogP contribution in [0.3, 0.4) is 0 Å². The number of benzene rings is 6. The highest BCUT2D eigenvalue weighted by Crippen LogP contribution is 2.43. The first-order valence-corrected chi connectivity index (χ1v) is 18.6. The highest BCUT2D eigenvalue weighted by Gasteiger charge is 2.40. The molecular weight excluding hydrogens is 717 g/mol. The predicted molar refractivity (Wildman–Crippen MR) is 225 cm³/mol. The summed E-state index contributed by atoms with van der Waals surface area (Å²) in [5.41, 5.74) is 10.4. The van der Waals surface area contributed by atoms with Gasteiger partial charge < -0.3 is 4.57 Å². The third-order valence-electron chi connectivity index (χ3n) is 10.6. The molecule has 0 N–H and O–H groups in total. The minimum absolute atomic E-state index is 0.303. The Balaban J connectivity index is 1.17. The molecule has 0 saturated carbocycles. The van der Waals surface area contributed by atoms with Gasteiger partial charge in [-0.3, -0.25) is 9.59 Å². The third-order valence-corrected chi connectivity index (χ3v) is 10.6. The van der Waals surface area contributed by atoms with E-state index in [9.17, 15) is 20.1 Å². The maximum Gasteiger partial charge on any atom is 0.268 e. The van der Waals surface area contributed by atoms with Gasteiger partial charge >= 0.3 is 0 Å². The van der Waals surface area contributed by atoms with Crippen LogP contribution >= 0.6 is 0 Å². The highest BCUT2D eigenvalue weighted by atomic mass is 16.2. The molecule has 0 aliphatic carbocycles. The number of carbonyl (C=O) groups is 2. The summed E-state index contributed by atoms with van der Waals surface area (Å²) in [5.74, 6) is -0.817. The van der Waals surface area contributed by atoms with Crippen molar-refractivity contribution in [3.05, 3.63) is 192 Å². The van der Waals surface area contributed by atoms with Crippen LogP contribution in [0.5, 0.6) is 0 Å². The van der Waals surface area contributed by atoms with Crippen molar-refractivity contribution < 1.29 is 9.59 Å². The molecule has 0 atom stereocenters. The van der Waals surface area contributed by atoms with Gasteiger partial charge in [0.2, 0.25) is 0 Å². The molecule has 0 bridgehead atoms. The molecule has 0 fully saturated rings. The number of carbonyl (C=O) groups excluding carboxylic acids is 2. The number of imide groups is 1. The summed E-state index contributed by atoms with van der Waals surface area (Å²) in [6.45, 7) is 0. The van der Waals surface area contributed by atoms with E-state index >= 15 is 0 Å². The quantitative estimate of drug-likeness (QED) is 0.157. The van der Waals surface area contributed by atoms with E-state index in [4.69, 9.17) is 0 Å². The average molecular weight is 745 g/mol. The predicted octanol–water partition coefficient (Wildman–Crippen LogP) is 10.8. The molecule has 3 aromatic heterocycles. The van der Waals surface area contributed by atoms with Crippen LogP contribution in [0.1, 0.15) is 32.1 Å². The monoisotopic (exact) mass is 744 g/mol. The maximum absolute atomic E-state index is 15.0. The minimum atomic E-state index is -0.418. The Morgan fingerprint density at radius 1 is 0.431 bits per heavy atom. The van der Waals surface area contributed by atoms with E-state index in [1.54, 1.807) is 30.3 Å². The zero-order valence-electron chi connectivity index (χ0n) is 30.7. The van der Waals surface area contributed by atoms with Crippen molar-refractivity contribution >= 4 is 39.3 Å². The van der Waals surface area contributed by atoms with Crippen molar-refractivity contribution in [2.75, 3.05) is 4.90 Å². The summed E-state index contributed by atoms with van der Waals surface area (Å²) in [7, 11) is 0. The zero-order valence-corrected chi connectivity index (χ0v) is 30.7. The van der Waals surface area contributed by atoms with E-state index in [1.807, 2.05) is 144 Å². The Morgan fingerprint density at radius 3 is 1.57 bits per heavy atom. The molecule has 0 saturated heterocycles. The van der Waals surface area contributed by atoms with Gasteiger partial charge in [-0.25, -0.2) is 14.9 Å². The standard InChI is InChI=1S/C50H28N6O2/c51-29-36-14-7-17-42(53-36)34-21-24-45-40(27-34)41-28-35(43-18-8-15-37(30-52)54-43)22-25-46(41)55(45)47-19-9-16-38-48(47)50(58)56(49(38)57)44-23-20-33(31-10-3-1-4-11-31)26-39(44)32-12-5-2-6-13-32/h1-28H. The Kier molecular flexibility index (Phi) is 8.04. The highest BCUT2D eigenvalue weighted by molar-refractivity contribution is 6.36. The molecule has 10 rings (SSSR count). The van der Waals surface area contributed by atoms with Gasteiger partial charge in [-0.1, -0.05) is 97.1 Å². The normalized spacial score (nSPS) is 12.1. The number of pyridine rings is 2. The molecule has 0 spiro atoms. The van der Waals surface area contributed by atoms with Crippen LogP contribution in [0, 0.1) is 22.7 Å². The van der Waals surface area contributed by atoms with Crippen LogP contribution in [0.15, 0.2) is 170 Å². The zero-order chi connectivity index (χ0) is 39.3. The number of nitrogens with zero attached hydrogens (tertiary/aromatic N) is 6. The topological polar surface area (TPSA) is 116 Å². The molecule has 8 heteroatoms. The van der Waals surface area contributed by atoms with Crippen molar-refractivity contribution in [2.24, 2.45) is 0 Å². The van der Waals surface area contributed by atoms with E-state index < -0.39 is 11.8 Å². The van der Waals surface area contributed by atoms with Crippen molar-refractivity contribution in [2.45, 2.75) is 0 Å². The Morgan fingerprint density at radius 2 is 0.983 bits per heavy atom. The fraction of sp³-hybridized carbons (Fsp3) is 0. The van der Waals surface area contributed by atoms with Crippen LogP contribution in [-0.4, -0.2) is 26.3 Å². The summed E-state index contributed by atoms with van der Waals surface area (Å²) in [6, 6.07) is 57.9. The van der Waals surface area contributed by atoms with Gasteiger partial charge in [-0.2, -0.15) is 10.5 Å². The molecule has 270 valence electrons. The lowest BCUT2D eigenvalue weighted by molar-refractivity contribution is 0.0926. The molecule has 58 heavy (non-hydrogen) atoms. The first-order chi connectivity index (χ1) is 28.5. The van der Waals surface area contributed by atoms with Gasteiger partial charge in [0.25, 0.3) is 11.8 Å². The van der Waals surface area contributed by atoms with Crippen LogP contribution in [0.25, 0.3) is 72.3 Å². The first-order valence-electron chi connectivity index (χ1n) is 18.6. The van der Waals surface area contributed by atoms with Crippen molar-refractivity contribution in [1.82, 2.24) is 14.5 Å². The van der Waals surface area contributed by atoms with E-state index in [-0.39, 0.29) is 0 Å². The van der Waals surface area contributed by atoms with Crippen LogP contribution in [-0.2, 0) is 0 Å². The molecule has 4 heterocycles. The van der Waals surface area contributed by atoms with Crippen LogP contribution in [0.2, 0.25) is 0 Å². The van der Waals surface area contributed by atoms with Crippen molar-refractivity contribution in [3.63, 3.8) is 0 Å². The second-order valence-electron chi connectivity index (χ2n) is 13.9. The number of hydrogen-bond acceptors (Lipinski definition) is 6. The number of hydrogen-bond donors (Lipinski definition) is 0. The molecule has 6 aromatic carbocycles. The summed E-state index contributed by atoms with van der Waals surface area (Å²) in [4.78, 5) is 39.9. The molecule has 9 aromatic rings. The SMILES string of the molecule is N#Cc1cccc(-c2ccc3c(c2)c2cc(-c4cccc(C#N)n4)ccc2n3-c2cccc3c2C(=O)N(c2ccc(-c4ccccc4)cc2-c2ccccc2)C3=O)n1. The molecular formula is C50H28N6O2.